The molecule has 1 aromatic rings. The maximum absolute atomic E-state index is 13.0. The highest BCUT2D eigenvalue weighted by molar-refractivity contribution is 8.00. The minimum absolute atomic E-state index is 0.0523. The molecule has 2 fully saturated rings. The molecular weight excluding hydrogens is 623 g/mol. The predicted molar refractivity (Wildman–Crippen MR) is 186 cm³/mol. The largest absolute Gasteiger partial charge is 0.356 e. The first-order valence-electron chi connectivity index (χ1n) is 17.5. The monoisotopic (exact) mass is 680 g/mol. The van der Waals surface area contributed by atoms with Gasteiger partial charge in [-0.3, -0.25) is 14.2 Å². The minimum atomic E-state index is -3.07. The van der Waals surface area contributed by atoms with Crippen LogP contribution in [0.1, 0.15) is 109 Å². The van der Waals surface area contributed by atoms with Crippen LogP contribution in [-0.4, -0.2) is 66.8 Å². The van der Waals surface area contributed by atoms with Crippen LogP contribution in [0.5, 0.6) is 0 Å². The van der Waals surface area contributed by atoms with Gasteiger partial charge in [-0.2, -0.15) is 11.8 Å². The van der Waals surface area contributed by atoms with Crippen LogP contribution in [0.25, 0.3) is 0 Å². The van der Waals surface area contributed by atoms with E-state index in [2.05, 4.69) is 21.3 Å². The number of amides is 4. The fourth-order valence-electron chi connectivity index (χ4n) is 5.92. The molecule has 260 valence electrons. The summed E-state index contributed by atoms with van der Waals surface area (Å²) in [5.74, 6) is 1.20. The molecule has 4 amide bonds. The quantitative estimate of drug-likeness (QED) is 0.0487. The smallest absolute Gasteiger partial charge is 0.330 e. The summed E-state index contributed by atoms with van der Waals surface area (Å²) in [7, 11) is -3.07. The Morgan fingerprint density at radius 3 is 2.11 bits per heavy atom. The van der Waals surface area contributed by atoms with E-state index in [0.717, 1.165) is 94.8 Å². The molecule has 46 heavy (non-hydrogen) atoms. The first-order chi connectivity index (χ1) is 22.4. The predicted octanol–water partition coefficient (Wildman–Crippen LogP) is 6.68. The van der Waals surface area contributed by atoms with Crippen LogP contribution in [-0.2, 0) is 29.8 Å². The highest BCUT2D eigenvalue weighted by Gasteiger charge is 2.42. The summed E-state index contributed by atoms with van der Waals surface area (Å²) >= 11 is 1.91. The van der Waals surface area contributed by atoms with E-state index in [0.29, 0.717) is 50.6 Å². The van der Waals surface area contributed by atoms with Crippen LogP contribution in [0.3, 0.4) is 0 Å². The zero-order valence-electron chi connectivity index (χ0n) is 27.8. The van der Waals surface area contributed by atoms with Gasteiger partial charge in [0.2, 0.25) is 11.8 Å². The lowest BCUT2D eigenvalue weighted by molar-refractivity contribution is -0.121. The Balaban J connectivity index is 1.05. The van der Waals surface area contributed by atoms with Crippen molar-refractivity contribution in [1.29, 1.82) is 0 Å². The molecule has 2 aliphatic heterocycles. The number of hydrogen-bond donors (Lipinski definition) is 4. The minimum Gasteiger partial charge on any atom is -0.356 e. The fourth-order valence-corrected chi connectivity index (χ4v) is 9.14. The van der Waals surface area contributed by atoms with Gasteiger partial charge >= 0.3 is 13.6 Å². The lowest BCUT2D eigenvalue weighted by Gasteiger charge is -2.18. The molecule has 0 aromatic heterocycles. The third-order valence-corrected chi connectivity index (χ3v) is 12.1. The van der Waals surface area contributed by atoms with Crippen LogP contribution in [0.2, 0.25) is 0 Å². The van der Waals surface area contributed by atoms with Gasteiger partial charge in [-0.15, -0.1) is 0 Å². The number of nitrogens with one attached hydrogen (secondary N) is 4. The Kier molecular flexibility index (Phi) is 18.8. The van der Waals surface area contributed by atoms with Crippen molar-refractivity contribution in [2.45, 2.75) is 127 Å². The molecule has 1 unspecified atom stereocenters. The van der Waals surface area contributed by atoms with Gasteiger partial charge in [0.15, 0.2) is 0 Å². The number of urea groups is 1. The van der Waals surface area contributed by atoms with Gasteiger partial charge in [0.25, 0.3) is 0 Å². The summed E-state index contributed by atoms with van der Waals surface area (Å²) in [6.07, 6.45) is 14.3. The molecule has 3 rings (SSSR count). The summed E-state index contributed by atoms with van der Waals surface area (Å²) in [4.78, 5) is 35.7. The van der Waals surface area contributed by atoms with Gasteiger partial charge in [0, 0.05) is 36.9 Å². The van der Waals surface area contributed by atoms with Crippen LogP contribution >= 0.6 is 19.4 Å². The fraction of sp³-hybridized carbons (Fsp3) is 0.735. The molecule has 10 nitrogen and oxygen atoms in total. The lowest BCUT2D eigenvalue weighted by atomic mass is 10.0. The van der Waals surface area contributed by atoms with E-state index in [1.54, 1.807) is 0 Å². The molecule has 2 aliphatic rings. The zero-order valence-corrected chi connectivity index (χ0v) is 29.5. The molecule has 1 aromatic carbocycles. The van der Waals surface area contributed by atoms with Crippen LogP contribution in [0.15, 0.2) is 30.3 Å². The lowest BCUT2D eigenvalue weighted by Crippen LogP contribution is -2.36. The summed E-state index contributed by atoms with van der Waals surface area (Å²) in [6, 6.07) is 10.2. The second-order valence-corrected chi connectivity index (χ2v) is 15.8. The molecular formula is C34H57N4O6PS. The van der Waals surface area contributed by atoms with Crippen molar-refractivity contribution in [2.24, 2.45) is 0 Å². The number of hydrogen-bond acceptors (Lipinski definition) is 7. The molecule has 0 bridgehead atoms. The SMILES string of the molecule is CCOP(=O)(CCCCCCCCCC(=O)NCCCCCNC(=O)CCCC[C@@H]1SC[C@@H]2NC(=O)N[C@@H]21)OCc1ccccc1. The molecule has 4 N–H and O–H groups in total. The molecule has 2 saturated heterocycles. The van der Waals surface area contributed by atoms with Gasteiger partial charge < -0.3 is 30.3 Å². The number of carbonyl (C=O) groups excluding carboxylic acids is 3. The maximum atomic E-state index is 13.0. The van der Waals surface area contributed by atoms with E-state index in [4.69, 9.17) is 9.05 Å². The average molecular weight is 681 g/mol. The van der Waals surface area contributed by atoms with Gasteiger partial charge in [-0.1, -0.05) is 68.9 Å². The Labute approximate surface area is 280 Å². The van der Waals surface area contributed by atoms with Gasteiger partial charge in [0.1, 0.15) is 0 Å². The van der Waals surface area contributed by atoms with Crippen molar-refractivity contribution in [3.05, 3.63) is 35.9 Å². The Hall–Kier alpha value is -2.07. The number of benzene rings is 1. The van der Waals surface area contributed by atoms with Crippen LogP contribution < -0.4 is 21.3 Å². The second-order valence-electron chi connectivity index (χ2n) is 12.4. The number of carbonyl (C=O) groups is 3. The van der Waals surface area contributed by atoms with Gasteiger partial charge in [-0.25, -0.2) is 4.79 Å². The third kappa shape index (κ3) is 15.7. The summed E-state index contributed by atoms with van der Waals surface area (Å²) in [5, 5.41) is 12.5. The number of unbranched alkanes of at least 4 members (excludes halogenated alkanes) is 9. The van der Waals surface area contributed by atoms with E-state index >= 15 is 0 Å². The number of fused-ring (bicyclic) bond motifs is 1. The van der Waals surface area contributed by atoms with Crippen molar-refractivity contribution >= 4 is 37.2 Å². The van der Waals surface area contributed by atoms with Crippen molar-refractivity contribution in [3.8, 4) is 0 Å². The molecule has 2 heterocycles. The Bertz CT molecular complexity index is 1080. The zero-order chi connectivity index (χ0) is 32.9. The summed E-state index contributed by atoms with van der Waals surface area (Å²) in [5.41, 5.74) is 0.991. The van der Waals surface area contributed by atoms with Gasteiger partial charge in [0.05, 0.1) is 31.5 Å². The standard InChI is InChI=1S/C34H57N4O6PS/c1-2-43-45(42,44-26-28-18-10-8-11-19-28)25-17-7-5-3-4-6-12-21-31(39)35-23-15-9-16-24-36-32(40)22-14-13-20-30-33-29(27-46-30)37-34(41)38-33/h8,10-11,18-19,29-30,33H,2-7,9,12-17,20-27H2,1H3,(H,35,39)(H,36,40)(H2,37,38,41)/t29-,30-,33-,45?/m0/s1. The van der Waals surface area contributed by atoms with Crippen molar-refractivity contribution in [3.63, 3.8) is 0 Å². The van der Waals surface area contributed by atoms with E-state index in [9.17, 15) is 18.9 Å². The van der Waals surface area contributed by atoms with E-state index in [1.165, 1.54) is 0 Å². The highest BCUT2D eigenvalue weighted by atomic mass is 32.2. The van der Waals surface area contributed by atoms with E-state index in [-0.39, 0.29) is 29.9 Å². The van der Waals surface area contributed by atoms with Crippen molar-refractivity contribution < 1.29 is 28.0 Å². The first-order valence-corrected chi connectivity index (χ1v) is 20.3. The van der Waals surface area contributed by atoms with Crippen molar-refractivity contribution in [1.82, 2.24) is 21.3 Å². The number of thioether (sulfide) groups is 1. The van der Waals surface area contributed by atoms with Crippen LogP contribution in [0, 0.1) is 0 Å². The Morgan fingerprint density at radius 1 is 0.826 bits per heavy atom. The molecule has 4 atom stereocenters. The normalized spacial score (nSPS) is 20.0. The first kappa shape index (κ1) is 38.4. The molecule has 0 saturated carbocycles. The molecule has 12 heteroatoms. The second kappa shape index (κ2) is 22.5. The van der Waals surface area contributed by atoms with E-state index < -0.39 is 7.60 Å². The number of rotatable bonds is 26. The topological polar surface area (TPSA) is 135 Å². The molecule has 0 aliphatic carbocycles. The van der Waals surface area contributed by atoms with Crippen molar-refractivity contribution in [2.75, 3.05) is 31.6 Å². The van der Waals surface area contributed by atoms with Crippen LogP contribution in [0.4, 0.5) is 4.79 Å². The summed E-state index contributed by atoms with van der Waals surface area (Å²) in [6.45, 7) is 3.89. The maximum Gasteiger partial charge on any atom is 0.330 e. The molecule has 0 radical (unpaired) electrons. The van der Waals surface area contributed by atoms with E-state index in [1.807, 2.05) is 49.0 Å². The highest BCUT2D eigenvalue weighted by Crippen LogP contribution is 2.49. The average Bonchev–Trinajstić information content (AvgIpc) is 3.60. The third-order valence-electron chi connectivity index (χ3n) is 8.51. The van der Waals surface area contributed by atoms with Gasteiger partial charge in [-0.05, 0) is 57.4 Å². The molecule has 0 spiro atoms. The summed E-state index contributed by atoms with van der Waals surface area (Å²) < 4.78 is 24.2. The Morgan fingerprint density at radius 2 is 1.43 bits per heavy atom.